The summed E-state index contributed by atoms with van der Waals surface area (Å²) in [5.74, 6) is -0.772. The Morgan fingerprint density at radius 2 is 2.25 bits per heavy atom. The molecule has 0 aliphatic carbocycles. The molecule has 0 saturated carbocycles. The number of hydrogen-bond donors (Lipinski definition) is 2. The van der Waals surface area contributed by atoms with Gasteiger partial charge in [-0.15, -0.1) is 0 Å². The Labute approximate surface area is 113 Å². The molecular weight excluding hydrogens is 282 g/mol. The van der Waals surface area contributed by atoms with E-state index in [9.17, 15) is 18.0 Å². The molecule has 1 amide bonds. The standard InChI is InChI=1S/C12H11N3O4S/c16-11-9(6-13-15-4-1-2-10(11)15)12(17)14-8-3-5-20(18,19)7-8/h1-6,8,13H,7H2,(H,14,17). The zero-order valence-corrected chi connectivity index (χ0v) is 11.1. The minimum Gasteiger partial charge on any atom is -0.345 e. The molecule has 0 bridgehead atoms. The molecule has 0 aromatic carbocycles. The lowest BCUT2D eigenvalue weighted by Crippen LogP contribution is -2.38. The van der Waals surface area contributed by atoms with Crippen LogP contribution in [0.3, 0.4) is 0 Å². The van der Waals surface area contributed by atoms with Crippen molar-refractivity contribution in [3.63, 3.8) is 0 Å². The molecule has 1 aliphatic heterocycles. The number of H-pyrrole nitrogens is 1. The van der Waals surface area contributed by atoms with E-state index in [4.69, 9.17) is 0 Å². The van der Waals surface area contributed by atoms with Gasteiger partial charge in [0.1, 0.15) is 11.1 Å². The number of amides is 1. The summed E-state index contributed by atoms with van der Waals surface area (Å²) < 4.78 is 24.0. The zero-order valence-electron chi connectivity index (χ0n) is 10.2. The first-order valence-corrected chi connectivity index (χ1v) is 7.58. The van der Waals surface area contributed by atoms with Crippen molar-refractivity contribution < 1.29 is 13.2 Å². The second-order valence-electron chi connectivity index (χ2n) is 4.52. The Hall–Kier alpha value is -2.35. The lowest BCUT2D eigenvalue weighted by atomic mass is 10.2. The molecule has 1 unspecified atom stereocenters. The predicted molar refractivity (Wildman–Crippen MR) is 72.2 cm³/mol. The van der Waals surface area contributed by atoms with E-state index in [1.165, 1.54) is 16.8 Å². The fraction of sp³-hybridized carbons (Fsp3) is 0.167. The van der Waals surface area contributed by atoms with E-state index in [-0.39, 0.29) is 11.3 Å². The summed E-state index contributed by atoms with van der Waals surface area (Å²) in [6, 6.07) is 2.67. The summed E-state index contributed by atoms with van der Waals surface area (Å²) in [6.07, 6.45) is 4.36. The smallest absolute Gasteiger partial charge is 0.257 e. The minimum atomic E-state index is -3.24. The van der Waals surface area contributed by atoms with Crippen LogP contribution in [-0.4, -0.2) is 35.7 Å². The lowest BCUT2D eigenvalue weighted by Gasteiger charge is -2.09. The number of nitrogens with one attached hydrogen (secondary N) is 2. The Morgan fingerprint density at radius 3 is 2.95 bits per heavy atom. The minimum absolute atomic E-state index is 0.0473. The molecule has 2 N–H and O–H groups in total. The van der Waals surface area contributed by atoms with Gasteiger partial charge in [0.2, 0.25) is 5.43 Å². The van der Waals surface area contributed by atoms with Crippen molar-refractivity contribution in [2.24, 2.45) is 0 Å². The van der Waals surface area contributed by atoms with Crippen molar-refractivity contribution in [2.45, 2.75) is 6.04 Å². The van der Waals surface area contributed by atoms with Gasteiger partial charge >= 0.3 is 0 Å². The van der Waals surface area contributed by atoms with Gasteiger partial charge in [-0.25, -0.2) is 8.42 Å². The molecule has 7 nitrogen and oxygen atoms in total. The van der Waals surface area contributed by atoms with Crippen molar-refractivity contribution in [2.75, 3.05) is 5.75 Å². The number of carbonyl (C=O) groups is 1. The van der Waals surface area contributed by atoms with Crippen LogP contribution in [0.2, 0.25) is 0 Å². The maximum Gasteiger partial charge on any atom is 0.257 e. The maximum absolute atomic E-state index is 12.1. The van der Waals surface area contributed by atoms with E-state index >= 15 is 0 Å². The SMILES string of the molecule is O=C(NC1C=CS(=O)(=O)C1)c1c[nH]n2cccc2c1=O. The molecule has 0 spiro atoms. The molecule has 8 heteroatoms. The van der Waals surface area contributed by atoms with Crippen LogP contribution < -0.4 is 10.7 Å². The number of rotatable bonds is 2. The summed E-state index contributed by atoms with van der Waals surface area (Å²) in [5.41, 5.74) is -0.0998. The topological polar surface area (TPSA) is 101 Å². The van der Waals surface area contributed by atoms with Gasteiger partial charge in [-0.05, 0) is 18.2 Å². The molecule has 20 heavy (non-hydrogen) atoms. The van der Waals surface area contributed by atoms with Gasteiger partial charge in [-0.2, -0.15) is 0 Å². The van der Waals surface area contributed by atoms with Gasteiger partial charge in [0.05, 0.1) is 11.8 Å². The Bertz CT molecular complexity index is 875. The number of nitrogens with zero attached hydrogens (tertiary/aromatic N) is 1. The third kappa shape index (κ3) is 2.14. The molecular formula is C12H11N3O4S. The third-order valence-electron chi connectivity index (χ3n) is 3.07. The number of aromatic nitrogens is 2. The van der Waals surface area contributed by atoms with Crippen LogP contribution in [0, 0.1) is 0 Å². The van der Waals surface area contributed by atoms with Gasteiger partial charge in [0, 0.05) is 17.8 Å². The van der Waals surface area contributed by atoms with Crippen LogP contribution in [0.1, 0.15) is 10.4 Å². The highest BCUT2D eigenvalue weighted by Gasteiger charge is 2.24. The summed E-state index contributed by atoms with van der Waals surface area (Å²) in [7, 11) is -3.24. The molecule has 1 atom stereocenters. The van der Waals surface area contributed by atoms with E-state index in [1.54, 1.807) is 18.3 Å². The van der Waals surface area contributed by atoms with Crippen molar-refractivity contribution in [3.8, 4) is 0 Å². The fourth-order valence-electron chi connectivity index (χ4n) is 2.10. The van der Waals surface area contributed by atoms with Crippen molar-refractivity contribution >= 4 is 21.3 Å². The normalized spacial score (nSPS) is 20.3. The quantitative estimate of drug-likeness (QED) is 0.791. The van der Waals surface area contributed by atoms with Crippen molar-refractivity contribution in [3.05, 3.63) is 51.8 Å². The number of hydrogen-bond acceptors (Lipinski definition) is 4. The van der Waals surface area contributed by atoms with Gasteiger partial charge in [-0.3, -0.25) is 14.1 Å². The Morgan fingerprint density at radius 1 is 1.45 bits per heavy atom. The third-order valence-corrected chi connectivity index (χ3v) is 4.46. The second-order valence-corrected chi connectivity index (χ2v) is 6.45. The first-order chi connectivity index (χ1) is 9.46. The number of fused-ring (bicyclic) bond motifs is 1. The highest BCUT2D eigenvalue weighted by Crippen LogP contribution is 2.08. The van der Waals surface area contributed by atoms with Crippen LogP contribution in [0.25, 0.3) is 5.52 Å². The Kier molecular flexibility index (Phi) is 2.75. The van der Waals surface area contributed by atoms with Crippen LogP contribution in [0.15, 0.2) is 40.8 Å². The molecule has 0 fully saturated rings. The lowest BCUT2D eigenvalue weighted by molar-refractivity contribution is 0.0946. The summed E-state index contributed by atoms with van der Waals surface area (Å²) in [5, 5.41) is 6.36. The van der Waals surface area contributed by atoms with Gasteiger partial charge in [0.15, 0.2) is 9.84 Å². The molecule has 1 aliphatic rings. The molecule has 3 heterocycles. The summed E-state index contributed by atoms with van der Waals surface area (Å²) in [6.45, 7) is 0. The van der Waals surface area contributed by atoms with Crippen LogP contribution >= 0.6 is 0 Å². The number of carbonyl (C=O) groups excluding carboxylic acids is 1. The molecule has 0 radical (unpaired) electrons. The van der Waals surface area contributed by atoms with Crippen LogP contribution in [-0.2, 0) is 9.84 Å². The van der Waals surface area contributed by atoms with Gasteiger partial charge < -0.3 is 10.4 Å². The molecule has 0 saturated heterocycles. The molecule has 104 valence electrons. The van der Waals surface area contributed by atoms with Gasteiger partial charge in [-0.1, -0.05) is 0 Å². The highest BCUT2D eigenvalue weighted by atomic mass is 32.2. The zero-order chi connectivity index (χ0) is 14.3. The highest BCUT2D eigenvalue weighted by molar-refractivity contribution is 7.94. The van der Waals surface area contributed by atoms with E-state index < -0.39 is 27.2 Å². The second kappa shape index (κ2) is 4.34. The molecule has 3 rings (SSSR count). The van der Waals surface area contributed by atoms with E-state index in [2.05, 4.69) is 10.4 Å². The average molecular weight is 293 g/mol. The van der Waals surface area contributed by atoms with Crippen LogP contribution in [0.4, 0.5) is 0 Å². The molecule has 2 aromatic heterocycles. The van der Waals surface area contributed by atoms with Gasteiger partial charge in [0.25, 0.3) is 5.91 Å². The number of aromatic amines is 1. The van der Waals surface area contributed by atoms with Crippen molar-refractivity contribution in [1.29, 1.82) is 0 Å². The van der Waals surface area contributed by atoms with E-state index in [0.29, 0.717) is 5.52 Å². The average Bonchev–Trinajstić information content (AvgIpc) is 2.96. The maximum atomic E-state index is 12.1. The van der Waals surface area contributed by atoms with E-state index in [1.807, 2.05) is 0 Å². The van der Waals surface area contributed by atoms with Crippen molar-refractivity contribution in [1.82, 2.24) is 14.9 Å². The monoisotopic (exact) mass is 293 g/mol. The first-order valence-electron chi connectivity index (χ1n) is 5.87. The Balaban J connectivity index is 1.88. The fourth-order valence-corrected chi connectivity index (χ4v) is 3.33. The summed E-state index contributed by atoms with van der Waals surface area (Å²) >= 11 is 0. The largest absolute Gasteiger partial charge is 0.345 e. The predicted octanol–water partition coefficient (Wildman–Crippen LogP) is -0.332. The molecule has 2 aromatic rings. The number of sulfone groups is 1. The van der Waals surface area contributed by atoms with E-state index in [0.717, 1.165) is 5.41 Å². The first kappa shape index (κ1) is 12.7. The van der Waals surface area contributed by atoms with Crippen LogP contribution in [0.5, 0.6) is 0 Å². The summed E-state index contributed by atoms with van der Waals surface area (Å²) in [4.78, 5) is 24.1.